The van der Waals surface area contributed by atoms with Crippen LogP contribution in [0.25, 0.3) is 0 Å². The van der Waals surface area contributed by atoms with Crippen molar-refractivity contribution in [3.8, 4) is 5.75 Å². The Morgan fingerprint density at radius 1 is 1.31 bits per heavy atom. The fourth-order valence-corrected chi connectivity index (χ4v) is 4.06. The fourth-order valence-electron chi connectivity index (χ4n) is 4.06. The van der Waals surface area contributed by atoms with Gasteiger partial charge in [0.05, 0.1) is 18.6 Å². The van der Waals surface area contributed by atoms with Crippen LogP contribution in [0.15, 0.2) is 18.2 Å². The predicted octanol–water partition coefficient (Wildman–Crippen LogP) is 1.37. The molecule has 2 aliphatic rings. The minimum atomic E-state index is -0.986. The Kier molecular flexibility index (Phi) is 4.60. The first-order valence-corrected chi connectivity index (χ1v) is 8.42. The largest absolute Gasteiger partial charge is 0.494 e. The van der Waals surface area contributed by atoms with Gasteiger partial charge in [0.2, 0.25) is 5.91 Å². The quantitative estimate of drug-likeness (QED) is 0.875. The Morgan fingerprint density at radius 2 is 1.96 bits per heavy atom. The molecule has 7 nitrogen and oxygen atoms in total. The normalized spacial score (nSPS) is 22.0. The number of ether oxygens (including phenoxy) is 1. The number of carboxylic acids is 1. The van der Waals surface area contributed by atoms with Gasteiger partial charge in [-0.15, -0.1) is 0 Å². The molecule has 0 radical (unpaired) electrons. The highest BCUT2D eigenvalue weighted by atomic mass is 19.1. The van der Waals surface area contributed by atoms with E-state index in [9.17, 15) is 23.9 Å². The van der Waals surface area contributed by atoms with Crippen molar-refractivity contribution in [1.29, 1.82) is 0 Å². The van der Waals surface area contributed by atoms with Crippen molar-refractivity contribution in [3.63, 3.8) is 0 Å². The second kappa shape index (κ2) is 6.59. The summed E-state index contributed by atoms with van der Waals surface area (Å²) in [7, 11) is 2.98. The molecule has 0 saturated carbocycles. The van der Waals surface area contributed by atoms with E-state index in [2.05, 4.69) is 0 Å². The van der Waals surface area contributed by atoms with E-state index in [-0.39, 0.29) is 29.5 Å². The zero-order chi connectivity index (χ0) is 19.1. The molecule has 2 saturated heterocycles. The van der Waals surface area contributed by atoms with Crippen LogP contribution in [-0.4, -0.2) is 65.5 Å². The molecule has 2 aliphatic heterocycles. The summed E-state index contributed by atoms with van der Waals surface area (Å²) in [5, 5.41) is 9.49. The maximum atomic E-state index is 13.8. The Morgan fingerprint density at radius 3 is 2.50 bits per heavy atom. The fraction of sp³-hybridized carbons (Fsp3) is 0.500. The van der Waals surface area contributed by atoms with Crippen molar-refractivity contribution < 1.29 is 28.6 Å². The zero-order valence-electron chi connectivity index (χ0n) is 14.7. The predicted molar refractivity (Wildman–Crippen MR) is 89.3 cm³/mol. The highest BCUT2D eigenvalue weighted by Gasteiger charge is 2.55. The van der Waals surface area contributed by atoms with Crippen LogP contribution in [0.1, 0.15) is 29.6 Å². The maximum Gasteiger partial charge on any atom is 0.309 e. The minimum absolute atomic E-state index is 0.0104. The number of hydrogen-bond donors (Lipinski definition) is 1. The molecule has 1 spiro atoms. The molecule has 0 bridgehead atoms. The monoisotopic (exact) mass is 364 g/mol. The highest BCUT2D eigenvalue weighted by molar-refractivity contribution is 5.94. The number of halogens is 1. The first-order chi connectivity index (χ1) is 12.3. The summed E-state index contributed by atoms with van der Waals surface area (Å²) < 4.78 is 18.7. The summed E-state index contributed by atoms with van der Waals surface area (Å²) in [6.07, 6.45) is 0.761. The average Bonchev–Trinajstić information content (AvgIpc) is 2.87. The van der Waals surface area contributed by atoms with E-state index in [0.717, 1.165) is 6.07 Å². The molecule has 0 aromatic heterocycles. The van der Waals surface area contributed by atoms with Crippen LogP contribution in [0.4, 0.5) is 4.39 Å². The van der Waals surface area contributed by atoms with Gasteiger partial charge in [-0.2, -0.15) is 0 Å². The Bertz CT molecular complexity index is 758. The molecule has 2 heterocycles. The van der Waals surface area contributed by atoms with E-state index in [0.29, 0.717) is 25.9 Å². The molecule has 1 aromatic rings. The lowest BCUT2D eigenvalue weighted by Gasteiger charge is -2.45. The summed E-state index contributed by atoms with van der Waals surface area (Å²) in [6, 6.07) is 4.04. The molecule has 140 valence electrons. The van der Waals surface area contributed by atoms with Gasteiger partial charge in [-0.05, 0) is 31.0 Å². The smallest absolute Gasteiger partial charge is 0.309 e. The lowest BCUT2D eigenvalue weighted by molar-refractivity contribution is -0.145. The van der Waals surface area contributed by atoms with Crippen LogP contribution in [0.5, 0.6) is 5.75 Å². The molecular weight excluding hydrogens is 343 g/mol. The molecule has 1 unspecified atom stereocenters. The Hall–Kier alpha value is -2.64. The topological polar surface area (TPSA) is 87.1 Å². The van der Waals surface area contributed by atoms with Crippen LogP contribution in [0.3, 0.4) is 0 Å². The number of piperidine rings is 1. The summed E-state index contributed by atoms with van der Waals surface area (Å²) >= 11 is 0. The second-order valence-corrected chi connectivity index (χ2v) is 6.79. The number of rotatable bonds is 3. The van der Waals surface area contributed by atoms with Gasteiger partial charge in [-0.25, -0.2) is 4.39 Å². The molecule has 8 heteroatoms. The number of carbonyl (C=O) groups is 3. The van der Waals surface area contributed by atoms with Gasteiger partial charge in [-0.1, -0.05) is 0 Å². The molecule has 2 fully saturated rings. The van der Waals surface area contributed by atoms with Gasteiger partial charge in [0, 0.05) is 32.1 Å². The van der Waals surface area contributed by atoms with E-state index in [1.807, 2.05) is 0 Å². The van der Waals surface area contributed by atoms with Crippen molar-refractivity contribution >= 4 is 17.8 Å². The summed E-state index contributed by atoms with van der Waals surface area (Å²) in [5.74, 6) is -2.81. The molecule has 3 rings (SSSR count). The van der Waals surface area contributed by atoms with Crippen LogP contribution in [0.2, 0.25) is 0 Å². The summed E-state index contributed by atoms with van der Waals surface area (Å²) in [6.45, 7) is 0.627. The van der Waals surface area contributed by atoms with Crippen molar-refractivity contribution in [2.24, 2.45) is 5.92 Å². The average molecular weight is 364 g/mol. The SMILES string of the molecule is COc1ccc(C(=O)N2CCC3(CC2)C(C(=O)O)CC(=O)N3C)cc1F. The standard InChI is InChI=1S/C18H21FN2O5/c1-20-15(22)10-12(17(24)25)18(20)5-7-21(8-6-18)16(23)11-3-4-14(26-2)13(19)9-11/h3-4,9,12H,5-8,10H2,1-2H3,(H,24,25). The second-order valence-electron chi connectivity index (χ2n) is 6.79. The number of likely N-dealkylation sites (tertiary alicyclic amines) is 2. The number of aliphatic carboxylic acids is 1. The number of nitrogens with zero attached hydrogens (tertiary/aromatic N) is 2. The molecule has 26 heavy (non-hydrogen) atoms. The van der Waals surface area contributed by atoms with Crippen LogP contribution >= 0.6 is 0 Å². The Balaban J connectivity index is 1.75. The number of benzene rings is 1. The minimum Gasteiger partial charge on any atom is -0.494 e. The number of hydrogen-bond acceptors (Lipinski definition) is 4. The number of carbonyl (C=O) groups excluding carboxylic acids is 2. The molecule has 0 aliphatic carbocycles. The van der Waals surface area contributed by atoms with E-state index in [1.165, 1.54) is 24.1 Å². The highest BCUT2D eigenvalue weighted by Crippen LogP contribution is 2.43. The molecule has 2 amide bonds. The lowest BCUT2D eigenvalue weighted by Crippen LogP contribution is -2.56. The molecule has 1 N–H and O–H groups in total. The first-order valence-electron chi connectivity index (χ1n) is 8.42. The van der Waals surface area contributed by atoms with Gasteiger partial charge in [-0.3, -0.25) is 14.4 Å². The summed E-state index contributed by atoms with van der Waals surface area (Å²) in [5.41, 5.74) is -0.546. The van der Waals surface area contributed by atoms with Crippen LogP contribution in [0, 0.1) is 11.7 Å². The van der Waals surface area contributed by atoms with Crippen molar-refractivity contribution in [1.82, 2.24) is 9.80 Å². The van der Waals surface area contributed by atoms with E-state index >= 15 is 0 Å². The van der Waals surface area contributed by atoms with E-state index in [1.54, 1.807) is 11.9 Å². The molecule has 1 aromatic carbocycles. The molecule has 1 atom stereocenters. The maximum absolute atomic E-state index is 13.8. The first kappa shape index (κ1) is 18.2. The van der Waals surface area contributed by atoms with Gasteiger partial charge < -0.3 is 19.6 Å². The zero-order valence-corrected chi connectivity index (χ0v) is 14.7. The number of amides is 2. The third-order valence-corrected chi connectivity index (χ3v) is 5.68. The third-order valence-electron chi connectivity index (χ3n) is 5.68. The van der Waals surface area contributed by atoms with Crippen LogP contribution in [-0.2, 0) is 9.59 Å². The van der Waals surface area contributed by atoms with Gasteiger partial charge in [0.1, 0.15) is 0 Å². The van der Waals surface area contributed by atoms with Crippen molar-refractivity contribution in [2.45, 2.75) is 24.8 Å². The van der Waals surface area contributed by atoms with Crippen molar-refractivity contribution in [3.05, 3.63) is 29.6 Å². The molecular formula is C18H21FN2O5. The van der Waals surface area contributed by atoms with E-state index < -0.39 is 23.2 Å². The third kappa shape index (κ3) is 2.79. The van der Waals surface area contributed by atoms with Crippen molar-refractivity contribution in [2.75, 3.05) is 27.2 Å². The van der Waals surface area contributed by atoms with Gasteiger partial charge in [0.15, 0.2) is 11.6 Å². The number of carboxylic acid groups (broad SMARTS) is 1. The number of methoxy groups -OCH3 is 1. The summed E-state index contributed by atoms with van der Waals surface area (Å²) in [4.78, 5) is 39.4. The Labute approximate surface area is 150 Å². The van der Waals surface area contributed by atoms with Crippen LogP contribution < -0.4 is 4.74 Å². The van der Waals surface area contributed by atoms with E-state index in [4.69, 9.17) is 4.74 Å². The van der Waals surface area contributed by atoms with Gasteiger partial charge >= 0.3 is 5.97 Å². The lowest BCUT2D eigenvalue weighted by atomic mass is 9.77. The van der Waals surface area contributed by atoms with Gasteiger partial charge in [0.25, 0.3) is 5.91 Å².